The first-order chi connectivity index (χ1) is 13.5. The van der Waals surface area contributed by atoms with Crippen LogP contribution in [0.5, 0.6) is 11.5 Å². The average molecular weight is 380 g/mol. The van der Waals surface area contributed by atoms with E-state index in [1.807, 2.05) is 35.8 Å². The first-order valence-corrected chi connectivity index (χ1v) is 8.58. The van der Waals surface area contributed by atoms with Crippen molar-refractivity contribution in [2.45, 2.75) is 20.4 Å². The molecule has 0 radical (unpaired) electrons. The second-order valence-corrected chi connectivity index (χ2v) is 6.03. The minimum Gasteiger partial charge on any atom is -0.493 e. The summed E-state index contributed by atoms with van der Waals surface area (Å²) in [5.74, 6) is 0.760. The Balaban J connectivity index is 1.66. The number of aromatic nitrogens is 2. The molecule has 1 N–H and O–H groups in total. The Morgan fingerprint density at radius 2 is 2.00 bits per heavy atom. The van der Waals surface area contributed by atoms with E-state index >= 15 is 0 Å². The summed E-state index contributed by atoms with van der Waals surface area (Å²) in [6, 6.07) is 12.6. The van der Waals surface area contributed by atoms with Gasteiger partial charge in [-0.05, 0) is 42.8 Å². The predicted molar refractivity (Wildman–Crippen MR) is 105 cm³/mol. The lowest BCUT2D eigenvalue weighted by molar-refractivity contribution is -0.132. The highest BCUT2D eigenvalue weighted by Gasteiger charge is 2.10. The van der Waals surface area contributed by atoms with E-state index in [1.54, 1.807) is 18.2 Å². The van der Waals surface area contributed by atoms with Gasteiger partial charge in [-0.1, -0.05) is 12.1 Å². The van der Waals surface area contributed by atoms with Crippen molar-refractivity contribution in [2.75, 3.05) is 7.11 Å². The largest absolute Gasteiger partial charge is 0.493 e. The number of ether oxygens (including phenoxy) is 2. The van der Waals surface area contributed by atoms with Crippen molar-refractivity contribution in [3.8, 4) is 11.5 Å². The summed E-state index contributed by atoms with van der Waals surface area (Å²) >= 11 is 0. The number of para-hydroxylation sites is 2. The Kier molecular flexibility index (Phi) is 5.69. The lowest BCUT2D eigenvalue weighted by Crippen LogP contribution is -2.23. The van der Waals surface area contributed by atoms with Crippen LogP contribution in [-0.4, -0.2) is 34.8 Å². The van der Waals surface area contributed by atoms with Gasteiger partial charge in [-0.2, -0.15) is 5.10 Å². The molecular formula is C20H20N4O4. The van der Waals surface area contributed by atoms with Gasteiger partial charge in [0.05, 0.1) is 24.4 Å². The smallest absolute Gasteiger partial charge is 0.308 e. The minimum atomic E-state index is -0.436. The van der Waals surface area contributed by atoms with Gasteiger partial charge < -0.3 is 14.0 Å². The Hall–Kier alpha value is -3.68. The van der Waals surface area contributed by atoms with E-state index in [1.165, 1.54) is 20.2 Å². The van der Waals surface area contributed by atoms with Gasteiger partial charge in [-0.25, -0.2) is 10.4 Å². The summed E-state index contributed by atoms with van der Waals surface area (Å²) in [7, 11) is 1.48. The first kappa shape index (κ1) is 19.1. The van der Waals surface area contributed by atoms with E-state index in [2.05, 4.69) is 15.5 Å². The van der Waals surface area contributed by atoms with Gasteiger partial charge in [0.2, 0.25) is 0 Å². The van der Waals surface area contributed by atoms with Crippen LogP contribution < -0.4 is 14.9 Å². The van der Waals surface area contributed by atoms with Crippen molar-refractivity contribution in [1.29, 1.82) is 0 Å². The highest BCUT2D eigenvalue weighted by Crippen LogP contribution is 2.27. The second-order valence-electron chi connectivity index (χ2n) is 6.03. The molecule has 1 aromatic heterocycles. The number of imidazole rings is 1. The number of carbonyl (C=O) groups is 2. The number of methoxy groups -OCH3 is 1. The summed E-state index contributed by atoms with van der Waals surface area (Å²) in [5, 5.41) is 3.98. The maximum Gasteiger partial charge on any atom is 0.308 e. The maximum atomic E-state index is 12.2. The Morgan fingerprint density at radius 3 is 2.75 bits per heavy atom. The molecule has 0 spiro atoms. The summed E-state index contributed by atoms with van der Waals surface area (Å²) in [6.45, 7) is 3.28. The van der Waals surface area contributed by atoms with E-state index < -0.39 is 5.97 Å². The summed E-state index contributed by atoms with van der Waals surface area (Å²) < 4.78 is 12.1. The molecule has 0 aliphatic carbocycles. The van der Waals surface area contributed by atoms with Crippen molar-refractivity contribution in [2.24, 2.45) is 5.10 Å². The number of hydrazone groups is 1. The predicted octanol–water partition coefficient (Wildman–Crippen LogP) is 2.43. The normalized spacial score (nSPS) is 11.0. The van der Waals surface area contributed by atoms with Crippen LogP contribution in [0.2, 0.25) is 0 Å². The quantitative estimate of drug-likeness (QED) is 0.307. The fraction of sp³-hybridized carbons (Fsp3) is 0.200. The molecule has 0 unspecified atom stereocenters. The number of amides is 1. The Labute approximate surface area is 161 Å². The van der Waals surface area contributed by atoms with Crippen molar-refractivity contribution in [3.63, 3.8) is 0 Å². The minimum absolute atomic E-state index is 0.110. The van der Waals surface area contributed by atoms with Crippen LogP contribution in [0.1, 0.15) is 18.3 Å². The average Bonchev–Trinajstić information content (AvgIpc) is 2.98. The van der Waals surface area contributed by atoms with Crippen molar-refractivity contribution in [1.82, 2.24) is 15.0 Å². The van der Waals surface area contributed by atoms with Crippen molar-refractivity contribution < 1.29 is 19.1 Å². The molecule has 1 amide bonds. The molecule has 0 aliphatic rings. The molecule has 28 heavy (non-hydrogen) atoms. The highest BCUT2D eigenvalue weighted by atomic mass is 16.6. The van der Waals surface area contributed by atoms with Gasteiger partial charge in [-0.3, -0.25) is 9.59 Å². The zero-order chi connectivity index (χ0) is 20.1. The zero-order valence-corrected chi connectivity index (χ0v) is 15.8. The van der Waals surface area contributed by atoms with Crippen LogP contribution in [0.4, 0.5) is 0 Å². The standard InChI is InChI=1S/C20H20N4O4/c1-13-22-16-6-4-5-7-17(16)24(13)12-20(26)23-21-11-15-8-9-18(28-14(2)25)19(10-15)27-3/h4-11H,12H2,1-3H3,(H,23,26)/b21-11-. The summed E-state index contributed by atoms with van der Waals surface area (Å²) in [4.78, 5) is 27.8. The Bertz CT molecular complexity index is 1060. The number of carbonyl (C=O) groups excluding carboxylic acids is 2. The molecule has 3 aromatic rings. The molecule has 3 rings (SSSR count). The number of nitrogens with one attached hydrogen (secondary N) is 1. The van der Waals surface area contributed by atoms with Gasteiger partial charge in [-0.15, -0.1) is 0 Å². The Morgan fingerprint density at radius 1 is 1.21 bits per heavy atom. The fourth-order valence-corrected chi connectivity index (χ4v) is 2.76. The molecule has 0 atom stereocenters. The number of esters is 1. The monoisotopic (exact) mass is 380 g/mol. The molecule has 2 aromatic carbocycles. The van der Waals surface area contributed by atoms with E-state index in [-0.39, 0.29) is 12.5 Å². The van der Waals surface area contributed by atoms with E-state index in [9.17, 15) is 9.59 Å². The van der Waals surface area contributed by atoms with E-state index in [0.29, 0.717) is 17.1 Å². The van der Waals surface area contributed by atoms with Crippen LogP contribution in [0.3, 0.4) is 0 Å². The van der Waals surface area contributed by atoms with Crippen LogP contribution >= 0.6 is 0 Å². The van der Waals surface area contributed by atoms with E-state index in [4.69, 9.17) is 9.47 Å². The zero-order valence-electron chi connectivity index (χ0n) is 15.8. The molecule has 1 heterocycles. The number of nitrogens with zero attached hydrogens (tertiary/aromatic N) is 3. The number of rotatable bonds is 6. The lowest BCUT2D eigenvalue weighted by Gasteiger charge is -2.08. The van der Waals surface area contributed by atoms with Crippen LogP contribution in [0.15, 0.2) is 47.6 Å². The molecule has 0 saturated heterocycles. The lowest BCUT2D eigenvalue weighted by atomic mass is 10.2. The van der Waals surface area contributed by atoms with Gasteiger partial charge in [0.15, 0.2) is 11.5 Å². The van der Waals surface area contributed by atoms with Crippen molar-refractivity contribution in [3.05, 3.63) is 53.9 Å². The number of fused-ring (bicyclic) bond motifs is 1. The molecule has 8 nitrogen and oxygen atoms in total. The van der Waals surface area contributed by atoms with Crippen LogP contribution in [-0.2, 0) is 16.1 Å². The summed E-state index contributed by atoms with van der Waals surface area (Å²) in [5.41, 5.74) is 4.92. The second kappa shape index (κ2) is 8.34. The SMILES string of the molecule is COc1cc(/C=N\NC(=O)Cn2c(C)nc3ccccc32)ccc1OC(C)=O. The molecule has 8 heteroatoms. The molecule has 144 valence electrons. The topological polar surface area (TPSA) is 94.8 Å². The third kappa shape index (κ3) is 4.35. The van der Waals surface area contributed by atoms with Crippen LogP contribution in [0.25, 0.3) is 11.0 Å². The maximum absolute atomic E-state index is 12.2. The molecule has 0 bridgehead atoms. The first-order valence-electron chi connectivity index (χ1n) is 8.58. The third-order valence-corrected chi connectivity index (χ3v) is 3.99. The molecule has 0 aliphatic heterocycles. The van der Waals surface area contributed by atoms with E-state index in [0.717, 1.165) is 16.9 Å². The number of hydrogen-bond donors (Lipinski definition) is 1. The third-order valence-electron chi connectivity index (χ3n) is 3.99. The molecular weight excluding hydrogens is 360 g/mol. The van der Waals surface area contributed by atoms with Gasteiger partial charge in [0.25, 0.3) is 5.91 Å². The number of hydrogen-bond acceptors (Lipinski definition) is 6. The number of benzene rings is 2. The number of aryl methyl sites for hydroxylation is 1. The van der Waals surface area contributed by atoms with Gasteiger partial charge >= 0.3 is 5.97 Å². The van der Waals surface area contributed by atoms with Gasteiger partial charge in [0.1, 0.15) is 12.4 Å². The molecule has 0 fully saturated rings. The van der Waals surface area contributed by atoms with Crippen LogP contribution in [0, 0.1) is 6.92 Å². The van der Waals surface area contributed by atoms with Crippen molar-refractivity contribution >= 4 is 29.1 Å². The fourth-order valence-electron chi connectivity index (χ4n) is 2.76. The highest BCUT2D eigenvalue weighted by molar-refractivity contribution is 5.84. The summed E-state index contributed by atoms with van der Waals surface area (Å²) in [6.07, 6.45) is 1.48. The van der Waals surface area contributed by atoms with Gasteiger partial charge in [0, 0.05) is 6.92 Å². The molecule has 0 saturated carbocycles.